The highest BCUT2D eigenvalue weighted by Crippen LogP contribution is 2.34. The fourth-order valence-electron chi connectivity index (χ4n) is 4.18. The molecular formula is C22H26ClN5O3S. The highest BCUT2D eigenvalue weighted by Gasteiger charge is 2.37. The van der Waals surface area contributed by atoms with E-state index in [0.29, 0.717) is 11.6 Å². The molecule has 0 spiro atoms. The van der Waals surface area contributed by atoms with Crippen LogP contribution in [0, 0.1) is 5.92 Å². The van der Waals surface area contributed by atoms with Crippen molar-refractivity contribution in [1.29, 1.82) is 0 Å². The van der Waals surface area contributed by atoms with E-state index in [1.165, 1.54) is 3.97 Å². The van der Waals surface area contributed by atoms with Gasteiger partial charge in [-0.15, -0.1) is 12.4 Å². The maximum atomic E-state index is 12.8. The summed E-state index contributed by atoms with van der Waals surface area (Å²) in [6.07, 6.45) is 8.98. The van der Waals surface area contributed by atoms with Gasteiger partial charge in [0.25, 0.3) is 10.0 Å². The van der Waals surface area contributed by atoms with Crippen LogP contribution in [0.3, 0.4) is 0 Å². The van der Waals surface area contributed by atoms with E-state index in [0.717, 1.165) is 42.9 Å². The average Bonchev–Trinajstić information content (AvgIpc) is 3.42. The van der Waals surface area contributed by atoms with Gasteiger partial charge in [-0.05, 0) is 57.1 Å². The summed E-state index contributed by atoms with van der Waals surface area (Å²) in [4.78, 5) is 14.6. The highest BCUT2D eigenvalue weighted by atomic mass is 35.5. The summed E-state index contributed by atoms with van der Waals surface area (Å²) in [5.74, 6) is 0.401. The van der Waals surface area contributed by atoms with Crippen molar-refractivity contribution in [2.75, 3.05) is 13.1 Å². The molecule has 1 saturated heterocycles. The first-order chi connectivity index (χ1) is 14.5. The van der Waals surface area contributed by atoms with Crippen molar-refractivity contribution in [3.05, 3.63) is 60.4 Å². The largest absolute Gasteiger partial charge is 0.412 e. The van der Waals surface area contributed by atoms with Gasteiger partial charge in [0, 0.05) is 23.9 Å². The molecule has 170 valence electrons. The molecule has 3 aliphatic rings. The van der Waals surface area contributed by atoms with Crippen molar-refractivity contribution in [1.82, 2.24) is 9.29 Å². The molecule has 0 radical (unpaired) electrons. The van der Waals surface area contributed by atoms with Crippen LogP contribution in [0.1, 0.15) is 25.3 Å². The summed E-state index contributed by atoms with van der Waals surface area (Å²) < 4.78 is 26.9. The molecule has 8 nitrogen and oxygen atoms in total. The minimum atomic E-state index is -3.63. The van der Waals surface area contributed by atoms with Crippen molar-refractivity contribution in [3.8, 4) is 0 Å². The van der Waals surface area contributed by atoms with Gasteiger partial charge in [0.1, 0.15) is 5.71 Å². The van der Waals surface area contributed by atoms with Crippen LogP contribution < -0.4 is 5.32 Å². The van der Waals surface area contributed by atoms with Gasteiger partial charge in [0.05, 0.1) is 22.5 Å². The van der Waals surface area contributed by atoms with Gasteiger partial charge < -0.3 is 10.8 Å². The number of nitrogens with zero attached hydrogens (tertiary/aromatic N) is 4. The summed E-state index contributed by atoms with van der Waals surface area (Å²) in [7, 11) is -3.63. The molecule has 1 unspecified atom stereocenters. The van der Waals surface area contributed by atoms with E-state index in [2.05, 4.69) is 17.2 Å². The first-order valence-corrected chi connectivity index (χ1v) is 11.6. The zero-order valence-corrected chi connectivity index (χ0v) is 19.2. The van der Waals surface area contributed by atoms with Crippen molar-refractivity contribution < 1.29 is 13.9 Å². The molecular weight excluding hydrogens is 450 g/mol. The molecule has 3 N–H and O–H groups in total. The molecule has 3 aliphatic heterocycles. The van der Waals surface area contributed by atoms with E-state index in [4.69, 9.17) is 9.98 Å². The summed E-state index contributed by atoms with van der Waals surface area (Å²) in [5.41, 5.74) is 2.52. The minimum Gasteiger partial charge on any atom is -0.412 e. The smallest absolute Gasteiger partial charge is 0.267 e. The normalized spacial score (nSPS) is 22.7. The van der Waals surface area contributed by atoms with Crippen LogP contribution >= 0.6 is 12.4 Å². The molecule has 1 atom stereocenters. The predicted molar refractivity (Wildman–Crippen MR) is 130 cm³/mol. The standard InChI is InChI=1S/C22H23N5O2S.ClH.H2O/c1-22(17-7-10-23-11-8-17)24-14-21-20(26-22)13-19(25-21)16-9-12-27(15-16)30(28,29)18-5-3-2-4-6-18;;/h2-6,9,12-15,17,23H,7-8,10-11H2,1H3;1H;1H2. The number of hydrogen-bond donors (Lipinski definition) is 1. The highest BCUT2D eigenvalue weighted by molar-refractivity contribution is 7.90. The van der Waals surface area contributed by atoms with Gasteiger partial charge in [0.15, 0.2) is 5.66 Å². The van der Waals surface area contributed by atoms with Crippen LogP contribution in [0.5, 0.6) is 0 Å². The number of hydrogen-bond acceptors (Lipinski definition) is 6. The lowest BCUT2D eigenvalue weighted by molar-refractivity contribution is 0.244. The molecule has 0 amide bonds. The SMILES string of the molecule is CC1(C2CCNCC2)N=CC2=NC(c3ccn(S(=O)(=O)c4ccccc4)c3)=CC2=N1.Cl.O. The maximum absolute atomic E-state index is 12.8. The molecule has 1 fully saturated rings. The van der Waals surface area contributed by atoms with Crippen molar-refractivity contribution in [3.63, 3.8) is 0 Å². The number of rotatable bonds is 4. The van der Waals surface area contributed by atoms with Crippen molar-refractivity contribution >= 4 is 45.8 Å². The van der Waals surface area contributed by atoms with Crippen molar-refractivity contribution in [2.45, 2.75) is 30.3 Å². The summed E-state index contributed by atoms with van der Waals surface area (Å²) >= 11 is 0. The predicted octanol–water partition coefficient (Wildman–Crippen LogP) is 2.36. The van der Waals surface area contributed by atoms with E-state index in [1.54, 1.807) is 48.8 Å². The number of piperidine rings is 1. The van der Waals surface area contributed by atoms with Gasteiger partial charge >= 0.3 is 0 Å². The fraction of sp³-hybridized carbons (Fsp3) is 0.318. The Bertz CT molecular complexity index is 1210. The second-order valence-electron chi connectivity index (χ2n) is 7.95. The Morgan fingerprint density at radius 2 is 1.81 bits per heavy atom. The number of aromatic nitrogens is 1. The lowest BCUT2D eigenvalue weighted by atomic mass is 9.85. The second-order valence-corrected chi connectivity index (χ2v) is 9.79. The van der Waals surface area contributed by atoms with E-state index < -0.39 is 15.7 Å². The molecule has 1 aromatic carbocycles. The lowest BCUT2D eigenvalue weighted by Gasteiger charge is -2.35. The van der Waals surface area contributed by atoms with Gasteiger partial charge in [-0.25, -0.2) is 17.4 Å². The Kier molecular flexibility index (Phi) is 6.85. The van der Waals surface area contributed by atoms with Gasteiger partial charge in [-0.1, -0.05) is 18.2 Å². The quantitative estimate of drug-likeness (QED) is 0.730. The maximum Gasteiger partial charge on any atom is 0.267 e. The number of allylic oxidation sites excluding steroid dienone is 1. The zero-order chi connectivity index (χ0) is 20.8. The molecule has 32 heavy (non-hydrogen) atoms. The molecule has 1 aromatic heterocycles. The third-order valence-corrected chi connectivity index (χ3v) is 7.62. The molecule has 5 rings (SSSR count). The first kappa shape index (κ1) is 24.1. The van der Waals surface area contributed by atoms with Crippen LogP contribution in [0.25, 0.3) is 5.70 Å². The Morgan fingerprint density at radius 1 is 1.09 bits per heavy atom. The van der Waals surface area contributed by atoms with Gasteiger partial charge in [-0.2, -0.15) is 0 Å². The topological polar surface area (TPSA) is 120 Å². The summed E-state index contributed by atoms with van der Waals surface area (Å²) in [5, 5.41) is 3.38. The van der Waals surface area contributed by atoms with E-state index >= 15 is 0 Å². The molecule has 2 aromatic rings. The molecule has 0 bridgehead atoms. The van der Waals surface area contributed by atoms with Gasteiger partial charge in [-0.3, -0.25) is 9.98 Å². The number of aliphatic imine (C=N–C) groups is 3. The monoisotopic (exact) mass is 475 g/mol. The van der Waals surface area contributed by atoms with E-state index in [1.807, 2.05) is 12.3 Å². The van der Waals surface area contributed by atoms with Crippen molar-refractivity contribution in [2.24, 2.45) is 20.9 Å². The molecule has 0 aliphatic carbocycles. The fourth-order valence-corrected chi connectivity index (χ4v) is 5.40. The third-order valence-electron chi connectivity index (χ3n) is 5.97. The second kappa shape index (κ2) is 9.11. The summed E-state index contributed by atoms with van der Waals surface area (Å²) in [6.45, 7) is 4.07. The summed E-state index contributed by atoms with van der Waals surface area (Å²) in [6, 6.07) is 10.2. The molecule has 10 heteroatoms. The van der Waals surface area contributed by atoms with Crippen LogP contribution in [-0.4, -0.2) is 54.3 Å². The third kappa shape index (κ3) is 4.21. The van der Waals surface area contributed by atoms with Crippen LogP contribution in [-0.2, 0) is 10.0 Å². The molecule has 0 saturated carbocycles. The number of fused-ring (bicyclic) bond motifs is 1. The Morgan fingerprint density at radius 3 is 2.53 bits per heavy atom. The van der Waals surface area contributed by atoms with E-state index in [9.17, 15) is 8.42 Å². The minimum absolute atomic E-state index is 0. The Hall–Kier alpha value is -2.59. The average molecular weight is 476 g/mol. The van der Waals surface area contributed by atoms with Crippen LogP contribution in [0.4, 0.5) is 0 Å². The van der Waals surface area contributed by atoms with Crippen LogP contribution in [0.2, 0.25) is 0 Å². The van der Waals surface area contributed by atoms with Crippen LogP contribution in [0.15, 0.2) is 74.7 Å². The lowest BCUT2D eigenvalue weighted by Crippen LogP contribution is -2.42. The van der Waals surface area contributed by atoms with E-state index in [-0.39, 0.29) is 22.8 Å². The number of halogens is 1. The number of nitrogens with one attached hydrogen (secondary N) is 1. The number of benzene rings is 1. The molecule has 4 heterocycles. The zero-order valence-electron chi connectivity index (χ0n) is 17.6. The van der Waals surface area contributed by atoms with Gasteiger partial charge in [0.2, 0.25) is 0 Å². The Balaban J connectivity index is 0.00000144. The Labute approximate surface area is 193 Å². The first-order valence-electron chi connectivity index (χ1n) is 10.1.